The van der Waals surface area contributed by atoms with Crippen LogP contribution in [0.3, 0.4) is 0 Å². The smallest absolute Gasteiger partial charge is 0.224 e. The first-order chi connectivity index (χ1) is 15.5. The second-order valence-corrected chi connectivity index (χ2v) is 14.8. The number of carbonyl (C=O) groups excluding carboxylic acids is 1. The molecular formula is C28H55NOS3. The molecule has 0 aromatic rings. The summed E-state index contributed by atoms with van der Waals surface area (Å²) in [5.41, 5.74) is 0.140. The highest BCUT2D eigenvalue weighted by molar-refractivity contribution is 8.47. The van der Waals surface area contributed by atoms with E-state index < -0.39 is 0 Å². The number of amides is 1. The molecule has 0 aromatic carbocycles. The van der Waals surface area contributed by atoms with Crippen molar-refractivity contribution in [1.29, 1.82) is 0 Å². The minimum absolute atomic E-state index is 0.0410. The first-order valence-corrected chi connectivity index (χ1v) is 15.9. The van der Waals surface area contributed by atoms with Crippen LogP contribution in [0.5, 0.6) is 0 Å². The van der Waals surface area contributed by atoms with E-state index in [1.54, 1.807) is 11.8 Å². The van der Waals surface area contributed by atoms with Crippen LogP contribution in [0.4, 0.5) is 0 Å². The molecule has 0 aliphatic heterocycles. The van der Waals surface area contributed by atoms with Crippen LogP contribution in [0.15, 0.2) is 0 Å². The number of nitrogens with one attached hydrogen (secondary N) is 1. The number of unbranched alkanes of at least 4 members (excludes halogenated alkanes) is 9. The Morgan fingerprint density at radius 2 is 1.36 bits per heavy atom. The Morgan fingerprint density at radius 1 is 0.848 bits per heavy atom. The fourth-order valence-electron chi connectivity index (χ4n) is 4.02. The average molecular weight is 518 g/mol. The van der Waals surface area contributed by atoms with Gasteiger partial charge in [0, 0.05) is 10.8 Å². The molecule has 196 valence electrons. The van der Waals surface area contributed by atoms with E-state index in [4.69, 9.17) is 12.2 Å². The highest BCUT2D eigenvalue weighted by atomic mass is 32.2. The van der Waals surface area contributed by atoms with Gasteiger partial charge >= 0.3 is 0 Å². The second kappa shape index (κ2) is 18.5. The van der Waals surface area contributed by atoms with Crippen molar-refractivity contribution in [2.45, 2.75) is 150 Å². The van der Waals surface area contributed by atoms with Gasteiger partial charge in [-0.05, 0) is 51.2 Å². The summed E-state index contributed by atoms with van der Waals surface area (Å²) in [6.45, 7) is 17.6. The molecule has 33 heavy (non-hydrogen) atoms. The van der Waals surface area contributed by atoms with Crippen LogP contribution in [0.1, 0.15) is 139 Å². The van der Waals surface area contributed by atoms with Crippen LogP contribution >= 0.6 is 35.7 Å². The minimum atomic E-state index is -0.173. The van der Waals surface area contributed by atoms with Crippen molar-refractivity contribution >= 4 is 45.2 Å². The van der Waals surface area contributed by atoms with Crippen LogP contribution in [0.25, 0.3) is 0 Å². The molecule has 5 heteroatoms. The number of rotatable bonds is 19. The summed E-state index contributed by atoms with van der Waals surface area (Å²) in [6.07, 6.45) is 16.5. The Hall–Kier alpha value is 0.260. The van der Waals surface area contributed by atoms with Crippen molar-refractivity contribution in [2.75, 3.05) is 5.75 Å². The lowest BCUT2D eigenvalue weighted by Gasteiger charge is -2.40. The molecule has 1 N–H and O–H groups in total. The van der Waals surface area contributed by atoms with Gasteiger partial charge < -0.3 is 5.32 Å². The van der Waals surface area contributed by atoms with Crippen molar-refractivity contribution in [2.24, 2.45) is 11.3 Å². The van der Waals surface area contributed by atoms with E-state index in [2.05, 4.69) is 46.9 Å². The summed E-state index contributed by atoms with van der Waals surface area (Å²) in [5.74, 6) is 1.25. The van der Waals surface area contributed by atoms with Crippen molar-refractivity contribution in [3.8, 4) is 0 Å². The molecule has 0 radical (unpaired) electrons. The van der Waals surface area contributed by atoms with E-state index in [1.165, 1.54) is 64.2 Å². The van der Waals surface area contributed by atoms with Gasteiger partial charge in [0.1, 0.15) is 3.53 Å². The topological polar surface area (TPSA) is 29.1 Å². The highest BCUT2D eigenvalue weighted by Crippen LogP contribution is 2.45. The first kappa shape index (κ1) is 33.3. The second-order valence-electron chi connectivity index (χ2n) is 11.0. The molecule has 1 amide bonds. The Labute approximate surface area is 221 Å². The Bertz CT molecular complexity index is 535. The fraction of sp³-hybridized carbons (Fsp3) is 0.929. The molecule has 0 aliphatic rings. The number of thiocarbonyl (C=S) groups is 1. The number of hydrogen-bond acceptors (Lipinski definition) is 4. The molecule has 0 saturated heterocycles. The third-order valence-electron chi connectivity index (χ3n) is 6.93. The fourth-order valence-corrected chi connectivity index (χ4v) is 7.27. The first-order valence-electron chi connectivity index (χ1n) is 13.7. The number of carbonyl (C=O) groups is 1. The zero-order valence-electron chi connectivity index (χ0n) is 23.2. The van der Waals surface area contributed by atoms with Gasteiger partial charge in [-0.1, -0.05) is 111 Å². The zero-order valence-corrected chi connectivity index (χ0v) is 25.6. The molecule has 0 fully saturated rings. The van der Waals surface area contributed by atoms with Crippen LogP contribution in [0, 0.1) is 11.3 Å². The molecule has 2 nitrogen and oxygen atoms in total. The molecule has 0 aromatic heterocycles. The van der Waals surface area contributed by atoms with E-state index >= 15 is 0 Å². The third-order valence-corrected chi connectivity index (χ3v) is 10.1. The maximum absolute atomic E-state index is 13.2. The summed E-state index contributed by atoms with van der Waals surface area (Å²) in [4.78, 5) is 13.2. The predicted molar refractivity (Wildman–Crippen MR) is 159 cm³/mol. The van der Waals surface area contributed by atoms with Crippen molar-refractivity contribution < 1.29 is 4.79 Å². The van der Waals surface area contributed by atoms with Crippen molar-refractivity contribution in [1.82, 2.24) is 5.32 Å². The third kappa shape index (κ3) is 15.8. The summed E-state index contributed by atoms with van der Waals surface area (Å²) >= 11 is 9.40. The predicted octanol–water partition coefficient (Wildman–Crippen LogP) is 9.79. The van der Waals surface area contributed by atoms with E-state index in [0.717, 1.165) is 28.5 Å². The SMILES string of the molecule is CCCCCCCCCCCCSC(=S)SC(C)(CC)C(CC(C)(C)CC)C(=O)NC(C)C. The van der Waals surface area contributed by atoms with E-state index in [9.17, 15) is 4.79 Å². The Kier molecular flexibility index (Phi) is 18.7. The van der Waals surface area contributed by atoms with Gasteiger partial charge in [-0.25, -0.2) is 0 Å². The monoisotopic (exact) mass is 517 g/mol. The molecule has 0 aliphatic carbocycles. The molecule has 0 saturated carbocycles. The Balaban J connectivity index is 4.57. The number of thioether (sulfide) groups is 2. The van der Waals surface area contributed by atoms with Gasteiger partial charge in [-0.15, -0.1) is 23.5 Å². The van der Waals surface area contributed by atoms with Crippen molar-refractivity contribution in [3.63, 3.8) is 0 Å². The zero-order chi connectivity index (χ0) is 25.3. The number of hydrogen-bond donors (Lipinski definition) is 1. The van der Waals surface area contributed by atoms with Gasteiger partial charge in [-0.3, -0.25) is 4.79 Å². The molecule has 0 spiro atoms. The minimum Gasteiger partial charge on any atom is -0.354 e. The molecule has 0 rings (SSSR count). The van der Waals surface area contributed by atoms with Crippen LogP contribution in [-0.2, 0) is 4.79 Å². The average Bonchev–Trinajstić information content (AvgIpc) is 2.75. The molecule has 2 atom stereocenters. The highest BCUT2D eigenvalue weighted by Gasteiger charge is 2.42. The lowest BCUT2D eigenvalue weighted by molar-refractivity contribution is -0.127. The van der Waals surface area contributed by atoms with Crippen LogP contribution < -0.4 is 5.32 Å². The molecule has 0 heterocycles. The van der Waals surface area contributed by atoms with E-state index in [0.29, 0.717) is 0 Å². The summed E-state index contributed by atoms with van der Waals surface area (Å²) < 4.78 is 0.833. The quantitative estimate of drug-likeness (QED) is 0.136. The van der Waals surface area contributed by atoms with Gasteiger partial charge in [0.05, 0.1) is 5.92 Å². The largest absolute Gasteiger partial charge is 0.354 e. The van der Waals surface area contributed by atoms with Crippen LogP contribution in [-0.4, -0.2) is 26.0 Å². The van der Waals surface area contributed by atoms with Gasteiger partial charge in [-0.2, -0.15) is 0 Å². The van der Waals surface area contributed by atoms with Gasteiger partial charge in [0.15, 0.2) is 0 Å². The summed E-state index contributed by atoms with van der Waals surface area (Å²) in [7, 11) is 0. The lowest BCUT2D eigenvalue weighted by Crippen LogP contribution is -2.47. The molecule has 2 unspecified atom stereocenters. The summed E-state index contributed by atoms with van der Waals surface area (Å²) in [5, 5.41) is 3.19. The lowest BCUT2D eigenvalue weighted by atomic mass is 9.75. The normalized spacial score (nSPS) is 14.8. The van der Waals surface area contributed by atoms with E-state index in [-0.39, 0.29) is 28.0 Å². The van der Waals surface area contributed by atoms with Crippen LogP contribution in [0.2, 0.25) is 0 Å². The summed E-state index contributed by atoms with van der Waals surface area (Å²) in [6, 6.07) is 0.161. The maximum atomic E-state index is 13.2. The maximum Gasteiger partial charge on any atom is 0.224 e. The molecular weight excluding hydrogens is 463 g/mol. The van der Waals surface area contributed by atoms with Crippen molar-refractivity contribution in [3.05, 3.63) is 0 Å². The molecule has 0 bridgehead atoms. The Morgan fingerprint density at radius 3 is 1.82 bits per heavy atom. The standard InChI is InChI=1S/C28H55NOS3/c1-9-12-13-14-15-16-17-18-19-20-21-32-26(31)33-28(8,11-3)24(22-27(6,7)10-2)25(30)29-23(4)5/h23-24H,9-22H2,1-8H3,(H,29,30). The van der Waals surface area contributed by atoms with Gasteiger partial charge in [0.25, 0.3) is 0 Å². The van der Waals surface area contributed by atoms with E-state index in [1.807, 2.05) is 25.6 Å². The van der Waals surface area contributed by atoms with Gasteiger partial charge in [0.2, 0.25) is 5.91 Å².